The molecule has 4 rings (SSSR count). The third-order valence-corrected chi connectivity index (χ3v) is 5.56. The number of terminal acetylenes is 1. The van der Waals surface area contributed by atoms with E-state index in [-0.39, 0.29) is 64.4 Å². The molecular weight excluding hydrogens is 594 g/mol. The third-order valence-electron chi connectivity index (χ3n) is 5.23. The Morgan fingerprint density at radius 3 is 2.36 bits per heavy atom. The topological polar surface area (TPSA) is 79.7 Å². The molecule has 1 fully saturated rings. The first-order valence-electron chi connectivity index (χ1n) is 11.9. The Morgan fingerprint density at radius 2 is 1.79 bits per heavy atom. The van der Waals surface area contributed by atoms with E-state index in [0.29, 0.717) is 31.1 Å². The van der Waals surface area contributed by atoms with Crippen molar-refractivity contribution >= 4 is 35.9 Å². The van der Waals surface area contributed by atoms with Crippen molar-refractivity contribution in [2.24, 2.45) is 5.10 Å². The van der Waals surface area contributed by atoms with Crippen molar-refractivity contribution in [3.8, 4) is 12.3 Å². The number of nitrogens with one attached hydrogen (secondary N) is 1. The van der Waals surface area contributed by atoms with Crippen LogP contribution < -0.4 is 61.7 Å². The van der Waals surface area contributed by atoms with Crippen LogP contribution in [0.2, 0.25) is 5.02 Å². The van der Waals surface area contributed by atoms with E-state index in [2.05, 4.69) is 57.7 Å². The maximum absolute atomic E-state index is 12.2. The summed E-state index contributed by atoms with van der Waals surface area (Å²) in [4.78, 5) is 21.2. The van der Waals surface area contributed by atoms with Crippen LogP contribution in [0, 0.1) is 40.5 Å². The first kappa shape index (κ1) is 39.4. The van der Waals surface area contributed by atoms with Gasteiger partial charge >= 0.3 is 57.6 Å². The first-order chi connectivity index (χ1) is 19.0. The van der Waals surface area contributed by atoms with Gasteiger partial charge in [0.15, 0.2) is 0 Å². The molecule has 42 heavy (non-hydrogen) atoms. The average Bonchev–Trinajstić information content (AvgIpc) is 2.91. The van der Waals surface area contributed by atoms with Crippen LogP contribution >= 0.6 is 11.6 Å². The van der Waals surface area contributed by atoms with Crippen LogP contribution in [0.3, 0.4) is 0 Å². The van der Waals surface area contributed by atoms with Crippen molar-refractivity contribution < 1.29 is 74.1 Å². The van der Waals surface area contributed by atoms with Gasteiger partial charge in [-0.3, -0.25) is 29.2 Å². The second-order valence-corrected chi connectivity index (χ2v) is 8.73. The summed E-state index contributed by atoms with van der Waals surface area (Å²) in [6.07, 6.45) is 2.16. The number of carbonyl (C=O) groups excluding carboxylic acids is 1. The number of nitrogens with zero attached hydrogens (tertiary/aromatic N) is 4. The zero-order chi connectivity index (χ0) is 29.7. The van der Waals surface area contributed by atoms with Crippen LogP contribution in [0.15, 0.2) is 47.6 Å². The van der Waals surface area contributed by atoms with Gasteiger partial charge in [-0.05, 0) is 31.5 Å². The number of alkyl halides is 3. The molecule has 7 nitrogen and oxygen atoms in total. The molecule has 1 N–H and O–H groups in total. The Labute approximate surface area is 293 Å². The summed E-state index contributed by atoms with van der Waals surface area (Å²) in [7, 11) is 0. The number of aromatic nitrogens is 2. The normalized spacial score (nSPS) is 12.3. The van der Waals surface area contributed by atoms with Gasteiger partial charge < -0.3 is 22.0 Å². The van der Waals surface area contributed by atoms with Crippen LogP contribution in [-0.4, -0.2) is 48.8 Å². The van der Waals surface area contributed by atoms with Crippen molar-refractivity contribution in [1.29, 1.82) is 0 Å². The van der Waals surface area contributed by atoms with Crippen molar-refractivity contribution in [2.45, 2.75) is 20.0 Å². The number of carbonyl (C=O) groups is 1. The largest absolute Gasteiger partial charge is 1.00 e. The second kappa shape index (κ2) is 19.6. The molecular formula is C30H32ClF3KN5O2-2. The summed E-state index contributed by atoms with van der Waals surface area (Å²) >= 11 is 5.30. The van der Waals surface area contributed by atoms with E-state index in [1.807, 2.05) is 25.1 Å². The Balaban J connectivity index is 0.000000797. The summed E-state index contributed by atoms with van der Waals surface area (Å²) in [5, 5.41) is 3.81. The number of benzene rings is 2. The van der Waals surface area contributed by atoms with E-state index < -0.39 is 16.8 Å². The summed E-state index contributed by atoms with van der Waals surface area (Å²) in [6, 6.07) is 11.1. The minimum atomic E-state index is -4.52. The number of aldehydes is 1. The van der Waals surface area contributed by atoms with Gasteiger partial charge in [-0.15, -0.1) is 12.3 Å². The van der Waals surface area contributed by atoms with Crippen LogP contribution in [0.25, 0.3) is 0 Å². The number of rotatable bonds is 5. The van der Waals surface area contributed by atoms with Gasteiger partial charge in [0.1, 0.15) is 6.29 Å². The number of anilines is 2. The number of hydrazone groups is 1. The predicted molar refractivity (Wildman–Crippen MR) is 159 cm³/mol. The van der Waals surface area contributed by atoms with Crippen molar-refractivity contribution in [2.75, 3.05) is 36.6 Å². The molecule has 0 aliphatic carbocycles. The molecule has 1 aliphatic rings. The predicted octanol–water partition coefficient (Wildman–Crippen LogP) is 3.70. The fraction of sp³-hybridized carbons (Fsp3) is 0.233. The molecule has 0 radical (unpaired) electrons. The van der Waals surface area contributed by atoms with Gasteiger partial charge in [0.25, 0.3) is 0 Å². The van der Waals surface area contributed by atoms with E-state index in [4.69, 9.17) is 16.3 Å². The molecule has 220 valence electrons. The molecule has 0 atom stereocenters. The van der Waals surface area contributed by atoms with Crippen LogP contribution in [-0.2, 0) is 10.9 Å². The van der Waals surface area contributed by atoms with E-state index in [0.717, 1.165) is 42.2 Å². The van der Waals surface area contributed by atoms with Gasteiger partial charge in [0.2, 0.25) is 5.95 Å². The molecule has 3 aromatic rings. The first-order valence-corrected chi connectivity index (χ1v) is 12.3. The Bertz CT molecular complexity index is 1360. The summed E-state index contributed by atoms with van der Waals surface area (Å²) in [6.45, 7) is 14.6. The molecule has 0 spiro atoms. The Morgan fingerprint density at radius 1 is 1.14 bits per heavy atom. The fourth-order valence-electron chi connectivity index (χ4n) is 3.35. The molecule has 1 saturated heterocycles. The molecule has 0 saturated carbocycles. The minimum absolute atomic E-state index is 0. The van der Waals surface area contributed by atoms with E-state index in [1.165, 1.54) is 11.6 Å². The van der Waals surface area contributed by atoms with Crippen molar-refractivity contribution in [3.63, 3.8) is 0 Å². The third kappa shape index (κ3) is 12.7. The van der Waals surface area contributed by atoms with Crippen molar-refractivity contribution in [3.05, 3.63) is 102 Å². The van der Waals surface area contributed by atoms with E-state index in [1.54, 1.807) is 13.1 Å². The molecule has 2 heterocycles. The average molecular weight is 626 g/mol. The molecule has 12 heteroatoms. The number of halogens is 4. The molecule has 0 amide bonds. The maximum Gasteiger partial charge on any atom is 1.00 e. The standard InChI is InChI=1S/C18H21N5O.C8H4ClF3O.C3H4.CH3.K/c1-13-5-4-6-16(11-13)12-19-22-18-20-15(3)14(2)17(21-18)23-7-9-24-10-8-23;9-7-2-1-5(4-13)3-6(7)8(10,11)12;1-3-2;;/h4-6,11-12H,2-3,7-10H2,1H3,(H,20,21,22);1-4H;1H,2H3;1H3;/q-2;;;-1;+1/b19-12+;;;;. The minimum Gasteiger partial charge on any atom is -0.418 e. The maximum atomic E-state index is 12.2. The number of aryl methyl sites for hydroxylation is 1. The van der Waals surface area contributed by atoms with Gasteiger partial charge in [-0.1, -0.05) is 53.3 Å². The molecule has 0 unspecified atom stereocenters. The van der Waals surface area contributed by atoms with Crippen LogP contribution in [0.5, 0.6) is 0 Å². The van der Waals surface area contributed by atoms with Gasteiger partial charge in [-0.2, -0.15) is 18.3 Å². The van der Waals surface area contributed by atoms with Crippen molar-refractivity contribution in [1.82, 2.24) is 9.97 Å². The molecule has 0 bridgehead atoms. The summed E-state index contributed by atoms with van der Waals surface area (Å²) < 4.78 is 41.9. The molecule has 1 aromatic heterocycles. The fourth-order valence-corrected chi connectivity index (χ4v) is 3.58. The van der Waals surface area contributed by atoms with Gasteiger partial charge in [0.05, 0.1) is 30.0 Å². The van der Waals surface area contributed by atoms with E-state index >= 15 is 0 Å². The second-order valence-electron chi connectivity index (χ2n) is 8.32. The monoisotopic (exact) mass is 625 g/mol. The number of morpholine rings is 1. The van der Waals surface area contributed by atoms with E-state index in [9.17, 15) is 18.0 Å². The van der Waals surface area contributed by atoms with Crippen LogP contribution in [0.1, 0.15) is 45.2 Å². The zero-order valence-corrected chi connectivity index (χ0v) is 28.0. The number of hydrogen-bond acceptors (Lipinski definition) is 7. The molecule has 2 aromatic carbocycles. The summed E-state index contributed by atoms with van der Waals surface area (Å²) in [5.41, 5.74) is 5.39. The zero-order valence-electron chi connectivity index (χ0n) is 24.1. The Hall–Kier alpha value is -2.56. The number of hydrogen-bond donors (Lipinski definition) is 1. The van der Waals surface area contributed by atoms with Gasteiger partial charge in [0, 0.05) is 18.7 Å². The molecule has 1 aliphatic heterocycles. The SMILES string of the molecule is C#CC.O=Cc1ccc(Cl)c(C(F)(F)F)c1.[CH2-]c1nc(N/N=C/c2cccc(C)c2)nc(N2CCOCC2)c1[CH2-].[CH3-].[K+]. The quantitative estimate of drug-likeness (QED) is 0.116. The number of ether oxygens (including phenoxy) is 1. The van der Waals surface area contributed by atoms with Crippen LogP contribution in [0.4, 0.5) is 24.9 Å². The van der Waals surface area contributed by atoms with Gasteiger partial charge in [-0.25, -0.2) is 11.1 Å². The smallest absolute Gasteiger partial charge is 0.418 e. The summed E-state index contributed by atoms with van der Waals surface area (Å²) in [5.74, 6) is 3.45. The Kier molecular flexibility index (Phi) is 18.4.